The molecule has 190 valence electrons. The van der Waals surface area contributed by atoms with Crippen LogP contribution >= 0.6 is 24.0 Å². The molecule has 4 rings (SSSR count). The van der Waals surface area contributed by atoms with Crippen molar-refractivity contribution in [1.82, 2.24) is 4.90 Å². The third-order valence-corrected chi connectivity index (χ3v) is 7.72. The molecule has 2 aliphatic rings. The third-order valence-electron chi connectivity index (χ3n) is 6.34. The van der Waals surface area contributed by atoms with Gasteiger partial charge >= 0.3 is 0 Å². The van der Waals surface area contributed by atoms with Crippen molar-refractivity contribution in [3.8, 4) is 5.75 Å². The van der Waals surface area contributed by atoms with E-state index in [9.17, 15) is 14.0 Å². The molecule has 2 amide bonds. The molecule has 0 radical (unpaired) electrons. The lowest BCUT2D eigenvalue weighted by Crippen LogP contribution is -2.29. The second-order valence-corrected chi connectivity index (χ2v) is 10.8. The Morgan fingerprint density at radius 1 is 1.08 bits per heavy atom. The summed E-state index contributed by atoms with van der Waals surface area (Å²) in [5.74, 6) is 0.292. The summed E-state index contributed by atoms with van der Waals surface area (Å²) in [5, 5.41) is 2.76. The van der Waals surface area contributed by atoms with Crippen LogP contribution in [0.25, 0.3) is 6.08 Å². The van der Waals surface area contributed by atoms with Crippen molar-refractivity contribution in [2.24, 2.45) is 0 Å². The van der Waals surface area contributed by atoms with Gasteiger partial charge in [-0.3, -0.25) is 14.5 Å². The molecule has 0 unspecified atom stereocenters. The molecule has 1 heterocycles. The number of thioether (sulfide) groups is 1. The van der Waals surface area contributed by atoms with Gasteiger partial charge in [-0.25, -0.2) is 4.39 Å². The van der Waals surface area contributed by atoms with Gasteiger partial charge in [-0.1, -0.05) is 55.0 Å². The molecule has 2 aromatic rings. The third kappa shape index (κ3) is 7.40. The van der Waals surface area contributed by atoms with Gasteiger partial charge in [0.15, 0.2) is 0 Å². The first kappa shape index (κ1) is 26.4. The van der Waals surface area contributed by atoms with Crippen LogP contribution in [0.3, 0.4) is 0 Å². The van der Waals surface area contributed by atoms with Crippen LogP contribution in [-0.2, 0) is 9.59 Å². The quantitative estimate of drug-likeness (QED) is 0.207. The molecule has 1 N–H and O–H groups in total. The molecular weight excluding hydrogens is 495 g/mol. The first-order valence-electron chi connectivity index (χ1n) is 12.6. The van der Waals surface area contributed by atoms with Gasteiger partial charge in [0.1, 0.15) is 15.9 Å². The number of anilines is 1. The number of halogens is 1. The summed E-state index contributed by atoms with van der Waals surface area (Å²) < 4.78 is 19.8. The molecule has 2 fully saturated rings. The molecule has 1 saturated heterocycles. The fraction of sp³-hybridized carbons (Fsp3) is 0.393. The van der Waals surface area contributed by atoms with Gasteiger partial charge in [-0.2, -0.15) is 0 Å². The van der Waals surface area contributed by atoms with Gasteiger partial charge in [0.05, 0.1) is 11.0 Å². The summed E-state index contributed by atoms with van der Waals surface area (Å²) in [6, 6.07) is 13.6. The van der Waals surface area contributed by atoms with E-state index in [2.05, 4.69) is 5.32 Å². The maximum Gasteiger partial charge on any atom is 0.266 e. The summed E-state index contributed by atoms with van der Waals surface area (Å²) in [6.45, 7) is 0.530. The molecule has 5 nitrogen and oxygen atoms in total. The average molecular weight is 527 g/mol. The van der Waals surface area contributed by atoms with Crippen LogP contribution in [0.2, 0.25) is 0 Å². The molecule has 0 spiro atoms. The SMILES string of the molecule is O=C(CCCCCN1C(=O)/C(=C/c2ccccc2OC2CCCCC2)SC1=S)Nc1ccc(F)cc1. The molecule has 0 bridgehead atoms. The van der Waals surface area contributed by atoms with E-state index < -0.39 is 0 Å². The molecule has 0 aromatic heterocycles. The van der Waals surface area contributed by atoms with Crippen LogP contribution in [0, 0.1) is 5.82 Å². The Labute approximate surface area is 221 Å². The Balaban J connectivity index is 1.25. The molecule has 36 heavy (non-hydrogen) atoms. The topological polar surface area (TPSA) is 58.6 Å². The fourth-order valence-electron chi connectivity index (χ4n) is 4.39. The van der Waals surface area contributed by atoms with E-state index in [1.807, 2.05) is 30.3 Å². The van der Waals surface area contributed by atoms with Gasteiger partial charge < -0.3 is 10.1 Å². The maximum absolute atomic E-state index is 13.0. The number of carbonyl (C=O) groups is 2. The molecule has 1 saturated carbocycles. The number of carbonyl (C=O) groups excluding carboxylic acids is 2. The maximum atomic E-state index is 13.0. The van der Waals surface area contributed by atoms with E-state index in [1.165, 1.54) is 55.3 Å². The lowest BCUT2D eigenvalue weighted by Gasteiger charge is -2.23. The van der Waals surface area contributed by atoms with E-state index in [1.54, 1.807) is 4.90 Å². The number of benzene rings is 2. The highest BCUT2D eigenvalue weighted by molar-refractivity contribution is 8.26. The Morgan fingerprint density at radius 2 is 1.83 bits per heavy atom. The second kappa shape index (κ2) is 13.0. The van der Waals surface area contributed by atoms with Crippen molar-refractivity contribution in [3.63, 3.8) is 0 Å². The van der Waals surface area contributed by atoms with Crippen LogP contribution in [0.5, 0.6) is 5.75 Å². The Kier molecular flexibility index (Phi) is 9.53. The number of para-hydroxylation sites is 1. The normalized spacial score (nSPS) is 17.6. The standard InChI is InChI=1S/C28H31FN2O3S2/c29-21-14-16-22(17-15-21)30-26(32)13-5-2-8-18-31-27(33)25(36-28(31)35)19-20-9-6-7-12-24(20)34-23-10-3-1-4-11-23/h6-7,9,12,14-17,19,23H,1-5,8,10-11,13,18H2,(H,30,32)/b25-19-. The van der Waals surface area contributed by atoms with Crippen molar-refractivity contribution in [3.05, 3.63) is 64.8 Å². The zero-order valence-electron chi connectivity index (χ0n) is 20.2. The summed E-state index contributed by atoms with van der Waals surface area (Å²) in [4.78, 5) is 27.4. The van der Waals surface area contributed by atoms with E-state index in [4.69, 9.17) is 17.0 Å². The van der Waals surface area contributed by atoms with Crippen molar-refractivity contribution >= 4 is 51.9 Å². The first-order valence-corrected chi connectivity index (χ1v) is 13.8. The average Bonchev–Trinajstić information content (AvgIpc) is 3.14. The zero-order chi connectivity index (χ0) is 25.3. The number of nitrogens with one attached hydrogen (secondary N) is 1. The highest BCUT2D eigenvalue weighted by Gasteiger charge is 2.31. The number of hydrogen-bond acceptors (Lipinski definition) is 5. The zero-order valence-corrected chi connectivity index (χ0v) is 21.8. The van der Waals surface area contributed by atoms with Gasteiger partial charge in [-0.15, -0.1) is 0 Å². The Hall–Kier alpha value is -2.71. The predicted octanol–water partition coefficient (Wildman–Crippen LogP) is 6.94. The van der Waals surface area contributed by atoms with Crippen molar-refractivity contribution in [2.45, 2.75) is 63.9 Å². The lowest BCUT2D eigenvalue weighted by molar-refractivity contribution is -0.122. The number of hydrogen-bond donors (Lipinski definition) is 1. The molecular formula is C28H31FN2O3S2. The van der Waals surface area contributed by atoms with E-state index in [0.29, 0.717) is 34.3 Å². The number of unbranched alkanes of at least 4 members (excludes halogenated alkanes) is 2. The monoisotopic (exact) mass is 526 g/mol. The van der Waals surface area contributed by atoms with Gasteiger partial charge in [0.2, 0.25) is 5.91 Å². The molecule has 1 aliphatic carbocycles. The smallest absolute Gasteiger partial charge is 0.266 e. The Bertz CT molecular complexity index is 1110. The molecule has 0 atom stereocenters. The minimum Gasteiger partial charge on any atom is -0.490 e. The van der Waals surface area contributed by atoms with Gasteiger partial charge in [-0.05, 0) is 74.9 Å². The van der Waals surface area contributed by atoms with Crippen LogP contribution in [0.4, 0.5) is 10.1 Å². The van der Waals surface area contributed by atoms with Crippen LogP contribution in [0.15, 0.2) is 53.4 Å². The van der Waals surface area contributed by atoms with E-state index >= 15 is 0 Å². The van der Waals surface area contributed by atoms with Gasteiger partial charge in [0.25, 0.3) is 5.91 Å². The van der Waals surface area contributed by atoms with E-state index in [0.717, 1.165) is 37.0 Å². The summed E-state index contributed by atoms with van der Waals surface area (Å²) >= 11 is 6.81. The summed E-state index contributed by atoms with van der Waals surface area (Å²) in [5.41, 5.74) is 1.48. The van der Waals surface area contributed by atoms with Crippen LogP contribution in [0.1, 0.15) is 63.4 Å². The minimum atomic E-state index is -0.337. The second-order valence-electron chi connectivity index (χ2n) is 9.11. The van der Waals surface area contributed by atoms with E-state index in [-0.39, 0.29) is 23.7 Å². The fourth-order valence-corrected chi connectivity index (χ4v) is 5.69. The number of nitrogens with zero attached hydrogens (tertiary/aromatic N) is 1. The molecule has 2 aromatic carbocycles. The van der Waals surface area contributed by atoms with Crippen molar-refractivity contribution < 1.29 is 18.7 Å². The lowest BCUT2D eigenvalue weighted by atomic mass is 9.97. The number of thiocarbonyl (C=S) groups is 1. The van der Waals surface area contributed by atoms with Crippen LogP contribution < -0.4 is 10.1 Å². The highest BCUT2D eigenvalue weighted by Crippen LogP contribution is 2.35. The van der Waals surface area contributed by atoms with Crippen LogP contribution in [-0.4, -0.2) is 33.7 Å². The number of ether oxygens (including phenoxy) is 1. The summed E-state index contributed by atoms with van der Waals surface area (Å²) in [7, 11) is 0. The van der Waals surface area contributed by atoms with Crippen molar-refractivity contribution in [2.75, 3.05) is 11.9 Å². The van der Waals surface area contributed by atoms with Crippen molar-refractivity contribution in [1.29, 1.82) is 0 Å². The summed E-state index contributed by atoms with van der Waals surface area (Å²) in [6.07, 6.45) is 10.6. The first-order chi connectivity index (χ1) is 17.5. The number of amides is 2. The predicted molar refractivity (Wildman–Crippen MR) is 147 cm³/mol. The highest BCUT2D eigenvalue weighted by atomic mass is 32.2. The van der Waals surface area contributed by atoms with Gasteiger partial charge in [0, 0.05) is 24.2 Å². The molecule has 1 aliphatic heterocycles. The largest absolute Gasteiger partial charge is 0.490 e. The number of rotatable bonds is 10. The molecule has 8 heteroatoms. The minimum absolute atomic E-state index is 0.0773. The Morgan fingerprint density at radius 3 is 2.61 bits per heavy atom.